The molecule has 0 spiro atoms. The van der Waals surface area contributed by atoms with E-state index >= 15 is 0 Å². The van der Waals surface area contributed by atoms with E-state index in [2.05, 4.69) is 46.4 Å². The Morgan fingerprint density at radius 1 is 1.06 bits per heavy atom. The van der Waals surface area contributed by atoms with Gasteiger partial charge >= 0.3 is 0 Å². The van der Waals surface area contributed by atoms with Crippen LogP contribution in [-0.2, 0) is 0 Å². The molecule has 1 aliphatic heterocycles. The lowest BCUT2D eigenvalue weighted by molar-refractivity contribution is -0.0133. The van der Waals surface area contributed by atoms with Crippen LogP contribution in [0.5, 0.6) is 0 Å². The lowest BCUT2D eigenvalue weighted by Crippen LogP contribution is -2.52. The number of β-amino-alcohol motifs (C(OH)–C–C–N with tert-alkyl or cyclic N) is 1. The summed E-state index contributed by atoms with van der Waals surface area (Å²) in [5, 5.41) is 9.97. The van der Waals surface area contributed by atoms with Crippen LogP contribution in [0.1, 0.15) is 54.4 Å². The minimum Gasteiger partial charge on any atom is -0.392 e. The topological polar surface area (TPSA) is 23.5 Å². The number of rotatable bonds is 1. The Morgan fingerprint density at radius 3 is 2.06 bits per heavy atom. The standard InChI is InChI=1S/C14H29NO/c1-13(2,3)8-11-7-12(16)10-15(9-11)14(4,5)6/h11-12,16H,7-10H2,1-6H3/t11-,12+/m1/s1. The van der Waals surface area contributed by atoms with Crippen LogP contribution in [-0.4, -0.2) is 34.7 Å². The molecule has 0 aliphatic carbocycles. The number of aliphatic hydroxyl groups excluding tert-OH is 1. The molecule has 2 nitrogen and oxygen atoms in total. The van der Waals surface area contributed by atoms with Gasteiger partial charge in [0.05, 0.1) is 6.10 Å². The Kier molecular flexibility index (Phi) is 4.07. The van der Waals surface area contributed by atoms with E-state index in [0.29, 0.717) is 11.3 Å². The van der Waals surface area contributed by atoms with Gasteiger partial charge in [-0.25, -0.2) is 0 Å². The van der Waals surface area contributed by atoms with Gasteiger partial charge in [-0.3, -0.25) is 4.90 Å². The highest BCUT2D eigenvalue weighted by Gasteiger charge is 2.33. The fourth-order valence-corrected chi connectivity index (χ4v) is 2.74. The summed E-state index contributed by atoms with van der Waals surface area (Å²) < 4.78 is 0. The summed E-state index contributed by atoms with van der Waals surface area (Å²) in [5.41, 5.74) is 0.544. The molecule has 96 valence electrons. The molecule has 1 fully saturated rings. The van der Waals surface area contributed by atoms with Crippen LogP contribution in [0.25, 0.3) is 0 Å². The zero-order chi connectivity index (χ0) is 12.6. The molecular weight excluding hydrogens is 198 g/mol. The van der Waals surface area contributed by atoms with Crippen LogP contribution >= 0.6 is 0 Å². The molecule has 1 aliphatic rings. The SMILES string of the molecule is CC(C)(C)C[C@H]1C[C@H](O)CN(C(C)(C)C)C1. The molecule has 0 aromatic carbocycles. The van der Waals surface area contributed by atoms with Crippen molar-refractivity contribution < 1.29 is 5.11 Å². The molecule has 1 heterocycles. The highest BCUT2D eigenvalue weighted by molar-refractivity contribution is 4.87. The van der Waals surface area contributed by atoms with Crippen LogP contribution in [0.2, 0.25) is 0 Å². The monoisotopic (exact) mass is 227 g/mol. The highest BCUT2D eigenvalue weighted by atomic mass is 16.3. The van der Waals surface area contributed by atoms with E-state index < -0.39 is 0 Å². The van der Waals surface area contributed by atoms with Crippen molar-refractivity contribution >= 4 is 0 Å². The lowest BCUT2D eigenvalue weighted by atomic mass is 9.79. The van der Waals surface area contributed by atoms with Crippen LogP contribution in [0, 0.1) is 11.3 Å². The van der Waals surface area contributed by atoms with E-state index in [0.717, 1.165) is 19.5 Å². The first kappa shape index (κ1) is 14.0. The van der Waals surface area contributed by atoms with E-state index in [4.69, 9.17) is 0 Å². The molecule has 1 rings (SSSR count). The van der Waals surface area contributed by atoms with Gasteiger partial charge < -0.3 is 5.11 Å². The molecule has 0 bridgehead atoms. The second-order valence-electron chi connectivity index (χ2n) is 7.60. The number of aliphatic hydroxyl groups is 1. The van der Waals surface area contributed by atoms with Crippen LogP contribution in [0.3, 0.4) is 0 Å². The Labute approximate surface area is 101 Å². The molecule has 1 saturated heterocycles. The molecule has 0 saturated carbocycles. The molecule has 2 heteroatoms. The van der Waals surface area contributed by atoms with Gasteiger partial charge in [-0.15, -0.1) is 0 Å². The molecule has 16 heavy (non-hydrogen) atoms. The minimum atomic E-state index is -0.139. The molecule has 0 aromatic heterocycles. The smallest absolute Gasteiger partial charge is 0.0670 e. The van der Waals surface area contributed by atoms with E-state index in [1.54, 1.807) is 0 Å². The Morgan fingerprint density at radius 2 is 1.62 bits per heavy atom. The van der Waals surface area contributed by atoms with Crippen molar-refractivity contribution in [1.29, 1.82) is 0 Å². The maximum absolute atomic E-state index is 9.97. The average molecular weight is 227 g/mol. The minimum absolute atomic E-state index is 0.139. The maximum Gasteiger partial charge on any atom is 0.0670 e. The van der Waals surface area contributed by atoms with E-state index in [1.165, 1.54) is 6.42 Å². The third-order valence-corrected chi connectivity index (χ3v) is 3.36. The van der Waals surface area contributed by atoms with Gasteiger partial charge in [0, 0.05) is 18.6 Å². The first-order chi connectivity index (χ1) is 7.08. The van der Waals surface area contributed by atoms with Gasteiger partial charge in [0.2, 0.25) is 0 Å². The summed E-state index contributed by atoms with van der Waals surface area (Å²) in [6, 6.07) is 0. The third kappa shape index (κ3) is 4.42. The van der Waals surface area contributed by atoms with Crippen molar-refractivity contribution in [1.82, 2.24) is 4.90 Å². The fourth-order valence-electron chi connectivity index (χ4n) is 2.74. The molecule has 0 radical (unpaired) electrons. The quantitative estimate of drug-likeness (QED) is 0.744. The predicted molar refractivity (Wildman–Crippen MR) is 69.5 cm³/mol. The van der Waals surface area contributed by atoms with E-state index in [9.17, 15) is 5.11 Å². The largest absolute Gasteiger partial charge is 0.392 e. The highest BCUT2D eigenvalue weighted by Crippen LogP contribution is 2.32. The molecular formula is C14H29NO. The van der Waals surface area contributed by atoms with Crippen molar-refractivity contribution in [3.8, 4) is 0 Å². The van der Waals surface area contributed by atoms with Crippen molar-refractivity contribution in [3.63, 3.8) is 0 Å². The first-order valence-electron chi connectivity index (χ1n) is 6.51. The maximum atomic E-state index is 9.97. The number of piperidine rings is 1. The number of likely N-dealkylation sites (tertiary alicyclic amines) is 1. The van der Waals surface area contributed by atoms with Gasteiger partial charge in [-0.05, 0) is 44.9 Å². The van der Waals surface area contributed by atoms with Crippen molar-refractivity contribution in [2.75, 3.05) is 13.1 Å². The Balaban J connectivity index is 2.61. The number of nitrogens with zero attached hydrogens (tertiary/aromatic N) is 1. The zero-order valence-electron chi connectivity index (χ0n) is 11.9. The summed E-state index contributed by atoms with van der Waals surface area (Å²) in [6.45, 7) is 15.5. The summed E-state index contributed by atoms with van der Waals surface area (Å²) >= 11 is 0. The van der Waals surface area contributed by atoms with Gasteiger partial charge in [0.25, 0.3) is 0 Å². The van der Waals surface area contributed by atoms with Crippen LogP contribution < -0.4 is 0 Å². The van der Waals surface area contributed by atoms with Gasteiger partial charge in [-0.2, -0.15) is 0 Å². The predicted octanol–water partition coefficient (Wildman–Crippen LogP) is 2.90. The molecule has 0 unspecified atom stereocenters. The lowest BCUT2D eigenvalue weighted by Gasteiger charge is -2.44. The third-order valence-electron chi connectivity index (χ3n) is 3.36. The first-order valence-corrected chi connectivity index (χ1v) is 6.51. The summed E-state index contributed by atoms with van der Waals surface area (Å²) in [7, 11) is 0. The van der Waals surface area contributed by atoms with Crippen LogP contribution in [0.4, 0.5) is 0 Å². The Bertz CT molecular complexity index is 224. The van der Waals surface area contributed by atoms with E-state index in [1.807, 2.05) is 0 Å². The van der Waals surface area contributed by atoms with Crippen LogP contribution in [0.15, 0.2) is 0 Å². The zero-order valence-corrected chi connectivity index (χ0v) is 11.9. The van der Waals surface area contributed by atoms with Crippen molar-refractivity contribution in [2.24, 2.45) is 11.3 Å². The molecule has 0 aromatic rings. The number of hydrogen-bond acceptors (Lipinski definition) is 2. The Hall–Kier alpha value is -0.0800. The molecule has 0 amide bonds. The van der Waals surface area contributed by atoms with Crippen molar-refractivity contribution in [2.45, 2.75) is 66.0 Å². The van der Waals surface area contributed by atoms with Crippen molar-refractivity contribution in [3.05, 3.63) is 0 Å². The summed E-state index contributed by atoms with van der Waals surface area (Å²) in [6.07, 6.45) is 2.04. The molecule has 2 atom stereocenters. The van der Waals surface area contributed by atoms with Gasteiger partial charge in [0.15, 0.2) is 0 Å². The summed E-state index contributed by atoms with van der Waals surface area (Å²) in [4.78, 5) is 2.43. The fraction of sp³-hybridized carbons (Fsp3) is 1.00. The van der Waals surface area contributed by atoms with Gasteiger partial charge in [0.1, 0.15) is 0 Å². The average Bonchev–Trinajstić information content (AvgIpc) is 1.97. The number of hydrogen-bond donors (Lipinski definition) is 1. The second kappa shape index (κ2) is 4.66. The second-order valence-corrected chi connectivity index (χ2v) is 7.60. The normalized spacial score (nSPS) is 29.4. The van der Waals surface area contributed by atoms with E-state index in [-0.39, 0.29) is 11.6 Å². The molecule has 1 N–H and O–H groups in total. The van der Waals surface area contributed by atoms with Gasteiger partial charge in [-0.1, -0.05) is 20.8 Å². The summed E-state index contributed by atoms with van der Waals surface area (Å²) in [5.74, 6) is 0.642.